The number of amides is 1. The third-order valence-electron chi connectivity index (χ3n) is 3.56. The first kappa shape index (κ1) is 18.1. The van der Waals surface area contributed by atoms with Gasteiger partial charge in [0.15, 0.2) is 5.16 Å². The molecule has 1 aromatic carbocycles. The largest absolute Gasteiger partial charge is 0.320 e. The molecule has 1 N–H and O–H groups in total. The summed E-state index contributed by atoms with van der Waals surface area (Å²) in [6.45, 7) is 1.90. The zero-order valence-corrected chi connectivity index (χ0v) is 15.5. The Balaban J connectivity index is 1.76. The predicted molar refractivity (Wildman–Crippen MR) is 102 cm³/mol. The number of nitrogens with one attached hydrogen (secondary N) is 1. The summed E-state index contributed by atoms with van der Waals surface area (Å²) in [4.78, 5) is 41.0. The van der Waals surface area contributed by atoms with Gasteiger partial charge in [-0.25, -0.2) is 4.98 Å². The number of nitro groups is 1. The van der Waals surface area contributed by atoms with E-state index in [9.17, 15) is 19.7 Å². The van der Waals surface area contributed by atoms with Crippen molar-refractivity contribution in [1.82, 2.24) is 9.55 Å². The lowest BCUT2D eigenvalue weighted by Crippen LogP contribution is -2.21. The smallest absolute Gasteiger partial charge is 0.292 e. The van der Waals surface area contributed by atoms with Gasteiger partial charge in [-0.15, -0.1) is 11.3 Å². The van der Waals surface area contributed by atoms with E-state index in [-0.39, 0.29) is 22.7 Å². The number of fused-ring (bicyclic) bond motifs is 1. The summed E-state index contributed by atoms with van der Waals surface area (Å²) >= 11 is 2.52. The van der Waals surface area contributed by atoms with Gasteiger partial charge in [0.25, 0.3) is 11.2 Å². The Morgan fingerprint density at radius 1 is 1.42 bits per heavy atom. The molecule has 10 heteroatoms. The van der Waals surface area contributed by atoms with E-state index in [1.54, 1.807) is 19.2 Å². The number of carbonyl (C=O) groups is 1. The average molecular weight is 390 g/mol. The van der Waals surface area contributed by atoms with Crippen molar-refractivity contribution in [3.63, 3.8) is 0 Å². The average Bonchev–Trinajstić information content (AvgIpc) is 2.97. The summed E-state index contributed by atoms with van der Waals surface area (Å²) in [6, 6.07) is 7.72. The number of thiophene rings is 1. The Bertz CT molecular complexity index is 1070. The van der Waals surface area contributed by atoms with E-state index in [1.807, 2.05) is 6.92 Å². The summed E-state index contributed by atoms with van der Waals surface area (Å²) in [7, 11) is 1.60. The van der Waals surface area contributed by atoms with Crippen LogP contribution in [0.5, 0.6) is 0 Å². The zero-order valence-electron chi connectivity index (χ0n) is 13.9. The quantitative estimate of drug-likeness (QED) is 0.311. The van der Waals surface area contributed by atoms with Gasteiger partial charge >= 0.3 is 0 Å². The van der Waals surface area contributed by atoms with Crippen molar-refractivity contribution < 1.29 is 9.72 Å². The van der Waals surface area contributed by atoms with Gasteiger partial charge in [0.1, 0.15) is 10.5 Å². The van der Waals surface area contributed by atoms with Crippen molar-refractivity contribution >= 4 is 50.6 Å². The van der Waals surface area contributed by atoms with Crippen LogP contribution in [0.15, 0.2) is 40.3 Å². The highest BCUT2D eigenvalue weighted by Gasteiger charge is 2.16. The Kier molecular flexibility index (Phi) is 5.05. The monoisotopic (exact) mass is 390 g/mol. The first-order chi connectivity index (χ1) is 12.4. The van der Waals surface area contributed by atoms with Crippen molar-refractivity contribution in [2.75, 3.05) is 11.1 Å². The van der Waals surface area contributed by atoms with Crippen LogP contribution in [0.2, 0.25) is 0 Å². The number of carbonyl (C=O) groups excluding carboxylic acids is 1. The number of anilines is 1. The van der Waals surface area contributed by atoms with Gasteiger partial charge in [0.2, 0.25) is 5.91 Å². The molecule has 134 valence electrons. The minimum absolute atomic E-state index is 0.0256. The van der Waals surface area contributed by atoms with E-state index in [2.05, 4.69) is 10.3 Å². The second-order valence-electron chi connectivity index (χ2n) is 5.45. The molecule has 0 atom stereocenters. The summed E-state index contributed by atoms with van der Waals surface area (Å²) in [5.41, 5.74) is -0.206. The number of para-hydroxylation sites is 2. The third kappa shape index (κ3) is 3.60. The van der Waals surface area contributed by atoms with Crippen LogP contribution in [0.1, 0.15) is 4.88 Å². The molecule has 2 aromatic heterocycles. The summed E-state index contributed by atoms with van der Waals surface area (Å²) < 4.78 is 1.40. The number of rotatable bonds is 5. The molecule has 1 amide bonds. The van der Waals surface area contributed by atoms with Crippen LogP contribution in [0.3, 0.4) is 0 Å². The predicted octanol–water partition coefficient (Wildman–Crippen LogP) is 2.94. The molecule has 0 saturated carbocycles. The number of hydrogen-bond acceptors (Lipinski definition) is 7. The van der Waals surface area contributed by atoms with Gasteiger partial charge in [-0.1, -0.05) is 23.9 Å². The lowest BCUT2D eigenvalue weighted by Gasteiger charge is -2.08. The first-order valence-corrected chi connectivity index (χ1v) is 9.30. The van der Waals surface area contributed by atoms with Crippen molar-refractivity contribution in [3.8, 4) is 0 Å². The molecule has 0 fully saturated rings. The van der Waals surface area contributed by atoms with Gasteiger partial charge in [-0.2, -0.15) is 0 Å². The van der Waals surface area contributed by atoms with Gasteiger partial charge in [-0.05, 0) is 19.1 Å². The molecular weight excluding hydrogens is 376 g/mol. The van der Waals surface area contributed by atoms with Crippen LogP contribution in [0.4, 0.5) is 11.4 Å². The molecule has 2 heterocycles. The molecule has 26 heavy (non-hydrogen) atoms. The number of aromatic nitrogens is 2. The second kappa shape index (κ2) is 7.26. The normalized spacial score (nSPS) is 10.8. The lowest BCUT2D eigenvalue weighted by atomic mass is 10.2. The summed E-state index contributed by atoms with van der Waals surface area (Å²) in [5.74, 6) is -0.441. The molecule has 3 aromatic rings. The van der Waals surface area contributed by atoms with Crippen LogP contribution < -0.4 is 10.9 Å². The van der Waals surface area contributed by atoms with Gasteiger partial charge < -0.3 is 5.32 Å². The van der Waals surface area contributed by atoms with E-state index >= 15 is 0 Å². The van der Waals surface area contributed by atoms with E-state index in [0.29, 0.717) is 15.4 Å². The molecule has 0 spiro atoms. The Morgan fingerprint density at radius 2 is 2.15 bits per heavy atom. The number of nitro benzene ring substituents is 1. The van der Waals surface area contributed by atoms with Gasteiger partial charge in [-0.3, -0.25) is 24.3 Å². The molecule has 0 saturated heterocycles. The standard InChI is InChI=1S/C16H14N4O4S2/c1-9-7-10-14(26-9)18-16(19(2)15(10)22)25-8-13(21)17-11-5-3-4-6-12(11)20(23)24/h3-7H,8H2,1-2H3,(H,17,21). The van der Waals surface area contributed by atoms with Crippen LogP contribution in [0.25, 0.3) is 10.2 Å². The molecule has 0 aliphatic rings. The fourth-order valence-electron chi connectivity index (χ4n) is 2.35. The maximum atomic E-state index is 12.4. The molecule has 0 unspecified atom stereocenters. The molecule has 0 bridgehead atoms. The fraction of sp³-hybridized carbons (Fsp3) is 0.188. The Hall–Kier alpha value is -2.72. The first-order valence-electron chi connectivity index (χ1n) is 7.50. The highest BCUT2D eigenvalue weighted by Crippen LogP contribution is 2.25. The summed E-state index contributed by atoms with van der Waals surface area (Å²) in [6.07, 6.45) is 0. The Labute approximate surface area is 156 Å². The third-order valence-corrected chi connectivity index (χ3v) is 5.54. The minimum Gasteiger partial charge on any atom is -0.320 e. The Morgan fingerprint density at radius 3 is 2.88 bits per heavy atom. The number of nitrogens with zero attached hydrogens (tertiary/aromatic N) is 3. The van der Waals surface area contributed by atoms with Crippen molar-refractivity contribution in [2.24, 2.45) is 7.05 Å². The maximum Gasteiger partial charge on any atom is 0.292 e. The molecule has 0 aliphatic carbocycles. The van der Waals surface area contributed by atoms with E-state index in [0.717, 1.165) is 16.6 Å². The van der Waals surface area contributed by atoms with Gasteiger partial charge in [0.05, 0.1) is 16.1 Å². The van der Waals surface area contributed by atoms with Crippen molar-refractivity contribution in [3.05, 3.63) is 55.7 Å². The number of aryl methyl sites for hydroxylation is 1. The van der Waals surface area contributed by atoms with E-state index in [1.165, 1.54) is 34.1 Å². The van der Waals surface area contributed by atoms with E-state index in [4.69, 9.17) is 0 Å². The van der Waals surface area contributed by atoms with Crippen LogP contribution in [-0.2, 0) is 11.8 Å². The SMILES string of the molecule is Cc1cc2c(=O)n(C)c(SCC(=O)Nc3ccccc3[N+](=O)[O-])nc2s1. The minimum atomic E-state index is -0.554. The zero-order chi connectivity index (χ0) is 18.8. The fourth-order valence-corrected chi connectivity index (χ4v) is 4.04. The second-order valence-corrected chi connectivity index (χ2v) is 7.62. The highest BCUT2D eigenvalue weighted by atomic mass is 32.2. The molecule has 0 radical (unpaired) electrons. The van der Waals surface area contributed by atoms with E-state index < -0.39 is 10.8 Å². The number of benzene rings is 1. The molecular formula is C16H14N4O4S2. The van der Waals surface area contributed by atoms with Crippen LogP contribution >= 0.6 is 23.1 Å². The number of thioether (sulfide) groups is 1. The topological polar surface area (TPSA) is 107 Å². The number of hydrogen-bond donors (Lipinski definition) is 1. The molecule has 0 aliphatic heterocycles. The van der Waals surface area contributed by atoms with Crippen LogP contribution in [0, 0.1) is 17.0 Å². The van der Waals surface area contributed by atoms with Gasteiger partial charge in [0, 0.05) is 18.0 Å². The highest BCUT2D eigenvalue weighted by molar-refractivity contribution is 7.99. The lowest BCUT2D eigenvalue weighted by molar-refractivity contribution is -0.383. The molecule has 3 rings (SSSR count). The maximum absolute atomic E-state index is 12.4. The van der Waals surface area contributed by atoms with Crippen LogP contribution in [-0.4, -0.2) is 26.1 Å². The molecule has 8 nitrogen and oxygen atoms in total. The summed E-state index contributed by atoms with van der Waals surface area (Å²) in [5, 5.41) is 14.5. The van der Waals surface area contributed by atoms with Crippen molar-refractivity contribution in [1.29, 1.82) is 0 Å². The van der Waals surface area contributed by atoms with Crippen molar-refractivity contribution in [2.45, 2.75) is 12.1 Å².